The van der Waals surface area contributed by atoms with Crippen molar-refractivity contribution in [3.63, 3.8) is 0 Å². The molecule has 0 aliphatic carbocycles. The maximum absolute atomic E-state index is 13.0. The summed E-state index contributed by atoms with van der Waals surface area (Å²) in [4.78, 5) is 4.22. The predicted octanol–water partition coefficient (Wildman–Crippen LogP) is 4.84. The van der Waals surface area contributed by atoms with Crippen molar-refractivity contribution < 1.29 is 13.2 Å². The third-order valence-electron chi connectivity index (χ3n) is 3.31. The molecule has 0 spiro atoms. The maximum atomic E-state index is 13.0. The van der Waals surface area contributed by atoms with E-state index in [1.54, 1.807) is 18.2 Å². The Labute approximate surface area is 120 Å². The van der Waals surface area contributed by atoms with Crippen molar-refractivity contribution in [2.45, 2.75) is 12.6 Å². The van der Waals surface area contributed by atoms with Crippen molar-refractivity contribution in [1.29, 1.82) is 0 Å². The fraction of sp³-hybridized carbons (Fsp3) is 0.118. The van der Waals surface area contributed by atoms with E-state index in [0.717, 1.165) is 11.6 Å². The molecule has 0 saturated heterocycles. The van der Waals surface area contributed by atoms with Gasteiger partial charge in [0.2, 0.25) is 0 Å². The Morgan fingerprint density at radius 3 is 2.29 bits per heavy atom. The van der Waals surface area contributed by atoms with Crippen LogP contribution in [0.25, 0.3) is 10.9 Å². The number of alkyl halides is 3. The molecule has 0 fully saturated rings. The molecule has 21 heavy (non-hydrogen) atoms. The smallest absolute Gasteiger partial charge is 0.252 e. The average molecular weight is 287 g/mol. The molecule has 0 saturated carbocycles. The molecule has 3 rings (SSSR count). The van der Waals surface area contributed by atoms with Crippen LogP contribution in [0.4, 0.5) is 13.2 Å². The van der Waals surface area contributed by atoms with Gasteiger partial charge in [-0.25, -0.2) is 0 Å². The van der Waals surface area contributed by atoms with Gasteiger partial charge in [-0.05, 0) is 17.7 Å². The number of halogens is 3. The highest BCUT2D eigenvalue weighted by Crippen LogP contribution is 2.33. The summed E-state index contributed by atoms with van der Waals surface area (Å²) in [6.45, 7) is 0. The van der Waals surface area contributed by atoms with Crippen LogP contribution in [-0.2, 0) is 12.6 Å². The van der Waals surface area contributed by atoms with E-state index in [1.165, 1.54) is 6.07 Å². The Balaban J connectivity index is 2.07. The summed E-state index contributed by atoms with van der Waals surface area (Å²) in [6.07, 6.45) is -3.87. The summed E-state index contributed by atoms with van der Waals surface area (Å²) >= 11 is 0. The molecule has 106 valence electrons. The number of hydrogen-bond donors (Lipinski definition) is 0. The van der Waals surface area contributed by atoms with Crippen molar-refractivity contribution in [3.05, 3.63) is 77.5 Å². The second-order valence-corrected chi connectivity index (χ2v) is 4.84. The minimum absolute atomic E-state index is 0.0124. The topological polar surface area (TPSA) is 12.9 Å². The van der Waals surface area contributed by atoms with E-state index in [0.29, 0.717) is 17.5 Å². The first-order chi connectivity index (χ1) is 10.0. The van der Waals surface area contributed by atoms with Crippen molar-refractivity contribution in [1.82, 2.24) is 4.98 Å². The molecule has 4 heteroatoms. The van der Waals surface area contributed by atoms with Crippen LogP contribution in [0.5, 0.6) is 0 Å². The van der Waals surface area contributed by atoms with Crippen LogP contribution < -0.4 is 0 Å². The molecule has 0 atom stereocenters. The maximum Gasteiger partial charge on any atom is 0.418 e. The van der Waals surface area contributed by atoms with Crippen LogP contribution >= 0.6 is 0 Å². The van der Waals surface area contributed by atoms with Crippen molar-refractivity contribution in [2.24, 2.45) is 0 Å². The van der Waals surface area contributed by atoms with E-state index in [2.05, 4.69) is 4.98 Å². The summed E-state index contributed by atoms with van der Waals surface area (Å²) in [5.41, 5.74) is 0.979. The molecule has 0 aliphatic rings. The Kier molecular flexibility index (Phi) is 3.37. The van der Waals surface area contributed by atoms with Gasteiger partial charge in [-0.2, -0.15) is 13.2 Å². The predicted molar refractivity (Wildman–Crippen MR) is 76.0 cm³/mol. The number of rotatable bonds is 2. The molecule has 0 aliphatic heterocycles. The first-order valence-electron chi connectivity index (χ1n) is 6.54. The van der Waals surface area contributed by atoms with Gasteiger partial charge in [0.25, 0.3) is 0 Å². The highest BCUT2D eigenvalue weighted by atomic mass is 19.4. The Bertz CT molecular complexity index is 764. The lowest BCUT2D eigenvalue weighted by Gasteiger charge is -2.10. The molecule has 0 N–H and O–H groups in total. The first-order valence-corrected chi connectivity index (χ1v) is 6.54. The number of para-hydroxylation sites is 1. The van der Waals surface area contributed by atoms with E-state index in [9.17, 15) is 13.2 Å². The lowest BCUT2D eigenvalue weighted by atomic mass is 10.1. The van der Waals surface area contributed by atoms with Gasteiger partial charge < -0.3 is 0 Å². The second-order valence-electron chi connectivity index (χ2n) is 4.84. The van der Waals surface area contributed by atoms with Crippen molar-refractivity contribution in [3.8, 4) is 0 Å². The molecule has 1 heterocycles. The lowest BCUT2D eigenvalue weighted by Crippen LogP contribution is -2.07. The van der Waals surface area contributed by atoms with Crippen LogP contribution in [-0.4, -0.2) is 4.98 Å². The van der Waals surface area contributed by atoms with Gasteiger partial charge in [-0.1, -0.05) is 48.5 Å². The Morgan fingerprint density at radius 1 is 0.810 bits per heavy atom. The van der Waals surface area contributed by atoms with Crippen LogP contribution in [0.3, 0.4) is 0 Å². The fourth-order valence-corrected chi connectivity index (χ4v) is 2.32. The average Bonchev–Trinajstić information content (AvgIpc) is 2.46. The van der Waals surface area contributed by atoms with Crippen molar-refractivity contribution >= 4 is 10.9 Å². The third kappa shape index (κ3) is 2.89. The van der Waals surface area contributed by atoms with E-state index >= 15 is 0 Å². The molecule has 0 radical (unpaired) electrons. The van der Waals surface area contributed by atoms with E-state index in [4.69, 9.17) is 0 Å². The summed E-state index contributed by atoms with van der Waals surface area (Å²) in [5, 5.41) is 0.502. The highest BCUT2D eigenvalue weighted by molar-refractivity contribution is 5.82. The molecule has 3 aromatic rings. The minimum Gasteiger partial charge on any atom is -0.252 e. The molecule has 1 aromatic heterocycles. The van der Waals surface area contributed by atoms with Gasteiger partial charge in [-0.3, -0.25) is 4.98 Å². The second kappa shape index (κ2) is 5.20. The zero-order valence-electron chi connectivity index (χ0n) is 11.1. The van der Waals surface area contributed by atoms with E-state index in [-0.39, 0.29) is 5.52 Å². The minimum atomic E-state index is -4.39. The molecular formula is C17H12F3N. The molecule has 1 nitrogen and oxygen atoms in total. The normalized spacial score (nSPS) is 11.8. The fourth-order valence-electron chi connectivity index (χ4n) is 2.32. The summed E-state index contributed by atoms with van der Waals surface area (Å²) in [6, 6.07) is 17.2. The zero-order valence-corrected chi connectivity index (χ0v) is 11.1. The largest absolute Gasteiger partial charge is 0.418 e. The number of hydrogen-bond acceptors (Lipinski definition) is 1. The number of pyridine rings is 1. The highest BCUT2D eigenvalue weighted by Gasteiger charge is 2.33. The Hall–Kier alpha value is -2.36. The lowest BCUT2D eigenvalue weighted by molar-refractivity contribution is -0.136. The van der Waals surface area contributed by atoms with E-state index < -0.39 is 11.7 Å². The van der Waals surface area contributed by atoms with Gasteiger partial charge in [0.05, 0.1) is 11.1 Å². The number of nitrogens with zero attached hydrogens (tertiary/aromatic N) is 1. The van der Waals surface area contributed by atoms with Crippen LogP contribution in [0.1, 0.15) is 16.8 Å². The molecule has 0 bridgehead atoms. The quantitative estimate of drug-likeness (QED) is 0.657. The first kappa shape index (κ1) is 13.6. The molecule has 0 unspecified atom stereocenters. The molecule has 2 aromatic carbocycles. The molecular weight excluding hydrogens is 275 g/mol. The summed E-state index contributed by atoms with van der Waals surface area (Å²) in [5.74, 6) is 0. The van der Waals surface area contributed by atoms with Gasteiger partial charge in [-0.15, -0.1) is 0 Å². The third-order valence-corrected chi connectivity index (χ3v) is 3.31. The van der Waals surface area contributed by atoms with Crippen LogP contribution in [0.2, 0.25) is 0 Å². The van der Waals surface area contributed by atoms with Crippen LogP contribution in [0, 0.1) is 0 Å². The SMILES string of the molecule is FC(F)(F)c1cccc2ccc(Cc3ccccc3)nc12. The van der Waals surface area contributed by atoms with Crippen molar-refractivity contribution in [2.75, 3.05) is 0 Å². The standard InChI is InChI=1S/C17H12F3N/c18-17(19,20)15-8-4-7-13-9-10-14(21-16(13)15)11-12-5-2-1-3-6-12/h1-10H,11H2. The van der Waals surface area contributed by atoms with Gasteiger partial charge >= 0.3 is 6.18 Å². The summed E-state index contributed by atoms with van der Waals surface area (Å²) < 4.78 is 39.1. The van der Waals surface area contributed by atoms with Gasteiger partial charge in [0.1, 0.15) is 0 Å². The van der Waals surface area contributed by atoms with E-state index in [1.807, 2.05) is 30.3 Å². The van der Waals surface area contributed by atoms with Gasteiger partial charge in [0.15, 0.2) is 0 Å². The monoisotopic (exact) mass is 287 g/mol. The van der Waals surface area contributed by atoms with Crippen LogP contribution in [0.15, 0.2) is 60.7 Å². The number of benzene rings is 2. The number of aromatic nitrogens is 1. The zero-order chi connectivity index (χ0) is 14.9. The number of fused-ring (bicyclic) bond motifs is 1. The summed E-state index contributed by atoms with van der Waals surface area (Å²) in [7, 11) is 0. The molecule has 0 amide bonds. The van der Waals surface area contributed by atoms with Gasteiger partial charge in [0, 0.05) is 17.5 Å². The Morgan fingerprint density at radius 2 is 1.57 bits per heavy atom.